The Kier molecular flexibility index (Phi) is 5.33. The number of fused-ring (bicyclic) bond motifs is 3. The minimum atomic E-state index is -1.13. The fraction of sp³-hybridized carbons (Fsp3) is 0.174. The smallest absolute Gasteiger partial charge is 0.267 e. The van der Waals surface area contributed by atoms with Crippen molar-refractivity contribution in [3.05, 3.63) is 86.0 Å². The molecular formula is C23H16ClN2O3S2-. The highest BCUT2D eigenvalue weighted by Crippen LogP contribution is 2.42. The van der Waals surface area contributed by atoms with Crippen LogP contribution in [0, 0.1) is 0 Å². The number of carbonyl (C=O) groups excluding carboxylic acids is 1. The first-order valence-electron chi connectivity index (χ1n) is 9.75. The van der Waals surface area contributed by atoms with Crippen molar-refractivity contribution in [2.45, 2.75) is 29.7 Å². The molecule has 0 spiro atoms. The average Bonchev–Trinajstić information content (AvgIpc) is 3.33. The van der Waals surface area contributed by atoms with Gasteiger partial charge < -0.3 is 9.90 Å². The van der Waals surface area contributed by atoms with Gasteiger partial charge in [0.15, 0.2) is 5.16 Å². The maximum Gasteiger partial charge on any atom is 0.267 e. The van der Waals surface area contributed by atoms with Crippen molar-refractivity contribution in [2.75, 3.05) is 0 Å². The zero-order valence-corrected chi connectivity index (χ0v) is 18.6. The molecule has 0 saturated heterocycles. The summed E-state index contributed by atoms with van der Waals surface area (Å²) in [5.41, 5.74) is 2.12. The summed E-state index contributed by atoms with van der Waals surface area (Å²) >= 11 is 8.86. The molecule has 0 aliphatic heterocycles. The number of halogens is 1. The van der Waals surface area contributed by atoms with E-state index in [1.165, 1.54) is 23.1 Å². The lowest BCUT2D eigenvalue weighted by Gasteiger charge is -2.15. The van der Waals surface area contributed by atoms with Crippen LogP contribution in [0.25, 0.3) is 15.9 Å². The van der Waals surface area contributed by atoms with Gasteiger partial charge in [0.2, 0.25) is 0 Å². The third-order valence-electron chi connectivity index (χ3n) is 5.40. The van der Waals surface area contributed by atoms with Gasteiger partial charge in [-0.25, -0.2) is 4.98 Å². The number of thiophene rings is 1. The van der Waals surface area contributed by atoms with E-state index >= 15 is 0 Å². The van der Waals surface area contributed by atoms with Crippen LogP contribution in [0.3, 0.4) is 0 Å². The Morgan fingerprint density at radius 2 is 1.94 bits per heavy atom. The number of thioether (sulfide) groups is 1. The number of hydrogen-bond acceptors (Lipinski definition) is 6. The Hall–Kier alpha value is -2.61. The molecule has 31 heavy (non-hydrogen) atoms. The molecule has 1 aliphatic rings. The van der Waals surface area contributed by atoms with Gasteiger partial charge in [-0.3, -0.25) is 9.36 Å². The molecule has 0 amide bonds. The van der Waals surface area contributed by atoms with Crippen molar-refractivity contribution in [1.29, 1.82) is 0 Å². The molecule has 0 unspecified atom stereocenters. The average molecular weight is 468 g/mol. The molecule has 2 heterocycles. The van der Waals surface area contributed by atoms with Gasteiger partial charge in [0.25, 0.3) is 5.56 Å². The normalized spacial score (nSPS) is 15.3. The number of carbonyl (C=O) groups is 1. The number of hydrogen-bond donors (Lipinski definition) is 0. The largest absolute Gasteiger partial charge is 0.549 e. The van der Waals surface area contributed by atoms with Gasteiger partial charge in [-0.15, -0.1) is 11.3 Å². The van der Waals surface area contributed by atoms with Gasteiger partial charge in [-0.05, 0) is 48.2 Å². The maximum atomic E-state index is 13.7. The fourth-order valence-electron chi connectivity index (χ4n) is 3.94. The molecular weight excluding hydrogens is 452 g/mol. The standard InChI is InChI=1S/C23H17ClN2O3S2/c24-14-8-6-13(7-9-14)12-30-23-25-20-19(18-16(22(28)29)10-11-17(18)31-20)21(27)26(23)15-4-2-1-3-5-15/h1-9,16H,10-12H2,(H,28,29)/p-1/t16-/m1/s1. The number of rotatable bonds is 5. The molecule has 0 N–H and O–H groups in total. The molecule has 0 saturated carbocycles. The lowest BCUT2D eigenvalue weighted by atomic mass is 10.0. The lowest BCUT2D eigenvalue weighted by molar-refractivity contribution is -0.307. The topological polar surface area (TPSA) is 75.0 Å². The zero-order chi connectivity index (χ0) is 21.5. The SMILES string of the molecule is O=C([O-])[C@@H]1CCc2sc3nc(SCc4ccc(Cl)cc4)n(-c4ccccc4)c(=O)c3c21. The first-order valence-corrected chi connectivity index (χ1v) is 11.9. The van der Waals surface area contributed by atoms with Gasteiger partial charge in [0.1, 0.15) is 4.83 Å². The van der Waals surface area contributed by atoms with Gasteiger partial charge >= 0.3 is 0 Å². The summed E-state index contributed by atoms with van der Waals surface area (Å²) in [6.45, 7) is 0. The van der Waals surface area contributed by atoms with Crippen molar-refractivity contribution < 1.29 is 9.90 Å². The lowest BCUT2D eigenvalue weighted by Crippen LogP contribution is -2.29. The van der Waals surface area contributed by atoms with E-state index in [1.807, 2.05) is 54.6 Å². The quantitative estimate of drug-likeness (QED) is 0.325. The van der Waals surface area contributed by atoms with E-state index in [1.54, 1.807) is 4.57 Å². The van der Waals surface area contributed by atoms with Gasteiger partial charge in [-0.2, -0.15) is 0 Å². The molecule has 156 valence electrons. The summed E-state index contributed by atoms with van der Waals surface area (Å²) in [6.07, 6.45) is 1.10. The van der Waals surface area contributed by atoms with Crippen LogP contribution in [0.4, 0.5) is 0 Å². The highest BCUT2D eigenvalue weighted by molar-refractivity contribution is 7.98. The van der Waals surface area contributed by atoms with Gasteiger partial charge in [-0.1, -0.05) is 53.7 Å². The Bertz CT molecular complexity index is 1350. The number of carboxylic acids is 1. The Morgan fingerprint density at radius 1 is 1.19 bits per heavy atom. The first-order chi connectivity index (χ1) is 15.0. The van der Waals surface area contributed by atoms with Crippen LogP contribution in [0.2, 0.25) is 5.02 Å². The van der Waals surface area contributed by atoms with Crippen LogP contribution >= 0.6 is 34.7 Å². The van der Waals surface area contributed by atoms with E-state index in [4.69, 9.17) is 16.6 Å². The van der Waals surface area contributed by atoms with E-state index in [0.717, 1.165) is 10.4 Å². The van der Waals surface area contributed by atoms with E-state index in [9.17, 15) is 14.7 Å². The minimum Gasteiger partial charge on any atom is -0.549 e. The molecule has 2 aromatic carbocycles. The minimum absolute atomic E-state index is 0.236. The molecule has 1 atom stereocenters. The van der Waals surface area contributed by atoms with Crippen molar-refractivity contribution in [3.63, 3.8) is 0 Å². The Balaban J connectivity index is 1.67. The predicted octanol–water partition coefficient (Wildman–Crippen LogP) is 4.17. The number of nitrogens with zero attached hydrogens (tertiary/aromatic N) is 2. The molecule has 5 rings (SSSR count). The molecule has 4 aromatic rings. The van der Waals surface area contributed by atoms with Crippen LogP contribution in [-0.2, 0) is 17.0 Å². The number of aryl methyl sites for hydroxylation is 1. The van der Waals surface area contributed by atoms with Crippen LogP contribution in [0.1, 0.15) is 28.3 Å². The predicted molar refractivity (Wildman–Crippen MR) is 122 cm³/mol. The van der Waals surface area contributed by atoms with Gasteiger partial charge in [0, 0.05) is 27.5 Å². The summed E-state index contributed by atoms with van der Waals surface area (Å²) in [5, 5.41) is 13.3. The Morgan fingerprint density at radius 3 is 2.65 bits per heavy atom. The molecule has 8 heteroatoms. The van der Waals surface area contributed by atoms with Crippen molar-refractivity contribution in [3.8, 4) is 5.69 Å². The first kappa shape index (κ1) is 20.3. The summed E-state index contributed by atoms with van der Waals surface area (Å²) in [6, 6.07) is 16.9. The molecule has 1 aliphatic carbocycles. The molecule has 2 aromatic heterocycles. The number of aromatic nitrogens is 2. The second kappa shape index (κ2) is 8.15. The third kappa shape index (κ3) is 3.67. The van der Waals surface area contributed by atoms with E-state index in [0.29, 0.717) is 50.2 Å². The summed E-state index contributed by atoms with van der Waals surface area (Å²) < 4.78 is 1.58. The summed E-state index contributed by atoms with van der Waals surface area (Å²) in [7, 11) is 0. The maximum absolute atomic E-state index is 13.7. The number of aliphatic carboxylic acids is 1. The van der Waals surface area contributed by atoms with Crippen LogP contribution in [0.5, 0.6) is 0 Å². The summed E-state index contributed by atoms with van der Waals surface area (Å²) in [4.78, 5) is 31.7. The summed E-state index contributed by atoms with van der Waals surface area (Å²) in [5.74, 6) is -1.27. The van der Waals surface area contributed by atoms with Crippen molar-refractivity contribution >= 4 is 50.9 Å². The highest BCUT2D eigenvalue weighted by Gasteiger charge is 2.31. The monoisotopic (exact) mass is 467 g/mol. The number of benzene rings is 2. The van der Waals surface area contributed by atoms with Gasteiger partial charge in [0.05, 0.1) is 11.1 Å². The van der Waals surface area contributed by atoms with E-state index in [-0.39, 0.29) is 5.56 Å². The third-order valence-corrected chi connectivity index (χ3v) is 7.82. The van der Waals surface area contributed by atoms with Crippen molar-refractivity contribution in [1.82, 2.24) is 9.55 Å². The zero-order valence-electron chi connectivity index (χ0n) is 16.2. The molecule has 0 fully saturated rings. The molecule has 0 bridgehead atoms. The van der Waals surface area contributed by atoms with Crippen molar-refractivity contribution in [2.24, 2.45) is 0 Å². The molecule has 0 radical (unpaired) electrons. The van der Waals surface area contributed by atoms with Crippen LogP contribution < -0.4 is 10.7 Å². The fourth-order valence-corrected chi connectivity index (χ4v) is 6.32. The second-order valence-corrected chi connectivity index (χ2v) is 9.78. The van der Waals surface area contributed by atoms with E-state index < -0.39 is 11.9 Å². The number of carboxylic acid groups (broad SMARTS) is 1. The van der Waals surface area contributed by atoms with E-state index in [2.05, 4.69) is 0 Å². The van der Waals surface area contributed by atoms with Crippen LogP contribution in [-0.4, -0.2) is 15.5 Å². The highest BCUT2D eigenvalue weighted by atomic mass is 35.5. The second-order valence-electron chi connectivity index (χ2n) is 7.31. The molecule has 5 nitrogen and oxygen atoms in total. The number of para-hydroxylation sites is 1. The Labute approximate surface area is 191 Å². The van der Waals surface area contributed by atoms with Crippen LogP contribution in [0.15, 0.2) is 64.5 Å².